The highest BCUT2D eigenvalue weighted by molar-refractivity contribution is 6.34. The molecule has 0 aliphatic rings. The maximum atomic E-state index is 12.6. The standard InChI is InChI=1S/C28H21ClN4O2/c1-17-7-13-22(23(29)15-17)28(35)30-20-10-8-18(9-11-20)26-32-24-14-12-21(16-25(24)33-26)31-27(34)19-5-3-2-4-6-19/h2-16H,1H3,(H,30,35)(H,31,34)(H,32,33). The summed E-state index contributed by atoms with van der Waals surface area (Å²) in [5.74, 6) is 0.247. The van der Waals surface area contributed by atoms with E-state index in [1.165, 1.54) is 0 Å². The number of aromatic amines is 1. The Morgan fingerprint density at radius 1 is 0.800 bits per heavy atom. The molecule has 5 aromatic rings. The van der Waals surface area contributed by atoms with E-state index in [1.54, 1.807) is 24.3 Å². The molecule has 0 saturated carbocycles. The largest absolute Gasteiger partial charge is 0.338 e. The molecule has 6 nitrogen and oxygen atoms in total. The van der Waals surface area contributed by atoms with Gasteiger partial charge in [0, 0.05) is 22.5 Å². The number of rotatable bonds is 5. The van der Waals surface area contributed by atoms with Gasteiger partial charge >= 0.3 is 0 Å². The Morgan fingerprint density at radius 3 is 2.26 bits per heavy atom. The summed E-state index contributed by atoms with van der Waals surface area (Å²) >= 11 is 6.21. The van der Waals surface area contributed by atoms with Gasteiger partial charge in [0.15, 0.2) is 0 Å². The van der Waals surface area contributed by atoms with Crippen molar-refractivity contribution in [3.05, 3.63) is 113 Å². The van der Waals surface area contributed by atoms with Crippen molar-refractivity contribution >= 4 is 45.8 Å². The number of carbonyl (C=O) groups excluding carboxylic acids is 2. The molecule has 0 radical (unpaired) electrons. The van der Waals surface area contributed by atoms with Crippen molar-refractivity contribution in [1.29, 1.82) is 0 Å². The molecule has 0 aliphatic carbocycles. The van der Waals surface area contributed by atoms with Crippen LogP contribution < -0.4 is 10.6 Å². The number of nitrogens with zero attached hydrogens (tertiary/aromatic N) is 1. The molecule has 3 N–H and O–H groups in total. The van der Waals surface area contributed by atoms with Crippen LogP contribution in [0.2, 0.25) is 5.02 Å². The van der Waals surface area contributed by atoms with Crippen LogP contribution in [0.15, 0.2) is 91.0 Å². The lowest BCUT2D eigenvalue weighted by atomic mass is 10.1. The second-order valence-corrected chi connectivity index (χ2v) is 8.56. The van der Waals surface area contributed by atoms with Gasteiger partial charge in [0.05, 0.1) is 21.6 Å². The summed E-state index contributed by atoms with van der Waals surface area (Å²) < 4.78 is 0. The molecule has 0 bridgehead atoms. The van der Waals surface area contributed by atoms with Crippen molar-refractivity contribution in [3.8, 4) is 11.4 Å². The normalized spacial score (nSPS) is 10.8. The smallest absolute Gasteiger partial charge is 0.257 e. The first-order chi connectivity index (χ1) is 17.0. The Balaban J connectivity index is 1.31. The number of nitrogens with one attached hydrogen (secondary N) is 3. The van der Waals surface area contributed by atoms with Crippen LogP contribution in [0.3, 0.4) is 0 Å². The number of hydrogen-bond acceptors (Lipinski definition) is 3. The van der Waals surface area contributed by atoms with Crippen molar-refractivity contribution in [2.45, 2.75) is 6.92 Å². The predicted molar refractivity (Wildman–Crippen MR) is 140 cm³/mol. The minimum Gasteiger partial charge on any atom is -0.338 e. The van der Waals surface area contributed by atoms with Gasteiger partial charge in [-0.3, -0.25) is 9.59 Å². The summed E-state index contributed by atoms with van der Waals surface area (Å²) in [4.78, 5) is 33.0. The van der Waals surface area contributed by atoms with Crippen LogP contribution in [0.25, 0.3) is 22.4 Å². The monoisotopic (exact) mass is 480 g/mol. The van der Waals surface area contributed by atoms with Crippen molar-refractivity contribution in [2.75, 3.05) is 10.6 Å². The van der Waals surface area contributed by atoms with Gasteiger partial charge in [0.1, 0.15) is 5.82 Å². The van der Waals surface area contributed by atoms with Crippen LogP contribution in [0, 0.1) is 6.92 Å². The molecule has 5 rings (SSSR count). The zero-order valence-electron chi connectivity index (χ0n) is 18.8. The van der Waals surface area contributed by atoms with Gasteiger partial charge in [-0.25, -0.2) is 4.98 Å². The number of anilines is 2. The van der Waals surface area contributed by atoms with Gasteiger partial charge < -0.3 is 15.6 Å². The number of amides is 2. The maximum Gasteiger partial charge on any atom is 0.257 e. The Hall–Kier alpha value is -4.42. The molecule has 35 heavy (non-hydrogen) atoms. The summed E-state index contributed by atoms with van der Waals surface area (Å²) in [6, 6.07) is 27.3. The van der Waals surface area contributed by atoms with Gasteiger partial charge in [-0.05, 0) is 79.2 Å². The lowest BCUT2D eigenvalue weighted by molar-refractivity contribution is 0.101. The number of hydrogen-bond donors (Lipinski definition) is 3. The van der Waals surface area contributed by atoms with E-state index in [0.717, 1.165) is 22.2 Å². The molecular formula is C28H21ClN4O2. The van der Waals surface area contributed by atoms with Gasteiger partial charge in [0.25, 0.3) is 11.8 Å². The van der Waals surface area contributed by atoms with E-state index in [4.69, 9.17) is 11.6 Å². The first-order valence-corrected chi connectivity index (χ1v) is 11.4. The van der Waals surface area contributed by atoms with E-state index in [-0.39, 0.29) is 11.8 Å². The Morgan fingerprint density at radius 2 is 1.51 bits per heavy atom. The number of fused-ring (bicyclic) bond motifs is 1. The predicted octanol–water partition coefficient (Wildman–Crippen LogP) is 6.70. The molecule has 4 aromatic carbocycles. The summed E-state index contributed by atoms with van der Waals surface area (Å²) in [7, 11) is 0. The average molecular weight is 481 g/mol. The van der Waals surface area contributed by atoms with Gasteiger partial charge in [-0.1, -0.05) is 35.9 Å². The minimum absolute atomic E-state index is 0.172. The fourth-order valence-electron chi connectivity index (χ4n) is 3.73. The first kappa shape index (κ1) is 22.4. The number of H-pyrrole nitrogens is 1. The summed E-state index contributed by atoms with van der Waals surface area (Å²) in [5, 5.41) is 6.20. The molecule has 172 valence electrons. The fourth-order valence-corrected chi connectivity index (χ4v) is 4.05. The Labute approximate surface area is 207 Å². The Kier molecular flexibility index (Phi) is 6.04. The third kappa shape index (κ3) is 4.93. The van der Waals surface area contributed by atoms with Gasteiger partial charge in [-0.15, -0.1) is 0 Å². The minimum atomic E-state index is -0.267. The molecule has 0 unspecified atom stereocenters. The zero-order chi connectivity index (χ0) is 24.4. The second kappa shape index (κ2) is 9.44. The summed E-state index contributed by atoms with van der Waals surface area (Å²) in [6.07, 6.45) is 0. The third-order valence-corrected chi connectivity index (χ3v) is 5.87. The molecule has 0 saturated heterocycles. The fraction of sp³-hybridized carbons (Fsp3) is 0.0357. The number of halogens is 1. The van der Waals surface area contributed by atoms with Crippen LogP contribution in [-0.2, 0) is 0 Å². The van der Waals surface area contributed by atoms with E-state index in [0.29, 0.717) is 33.3 Å². The average Bonchev–Trinajstić information content (AvgIpc) is 3.28. The molecular weight excluding hydrogens is 460 g/mol. The van der Waals surface area contributed by atoms with E-state index < -0.39 is 0 Å². The van der Waals surface area contributed by atoms with Gasteiger partial charge in [0.2, 0.25) is 0 Å². The van der Waals surface area contributed by atoms with E-state index in [9.17, 15) is 9.59 Å². The maximum absolute atomic E-state index is 12.6. The molecule has 0 atom stereocenters. The topological polar surface area (TPSA) is 86.9 Å². The van der Waals surface area contributed by atoms with Crippen LogP contribution >= 0.6 is 11.6 Å². The Bertz CT molecular complexity index is 1540. The number of aryl methyl sites for hydroxylation is 1. The number of benzene rings is 4. The van der Waals surface area contributed by atoms with Crippen LogP contribution in [0.4, 0.5) is 11.4 Å². The zero-order valence-corrected chi connectivity index (χ0v) is 19.6. The quantitative estimate of drug-likeness (QED) is 0.261. The van der Waals surface area contributed by atoms with Crippen LogP contribution in [0.5, 0.6) is 0 Å². The summed E-state index contributed by atoms with van der Waals surface area (Å²) in [6.45, 7) is 1.92. The van der Waals surface area contributed by atoms with E-state index in [2.05, 4.69) is 20.6 Å². The van der Waals surface area contributed by atoms with Crippen LogP contribution in [-0.4, -0.2) is 21.8 Å². The molecule has 7 heteroatoms. The second-order valence-electron chi connectivity index (χ2n) is 8.15. The number of carbonyl (C=O) groups is 2. The number of imidazole rings is 1. The molecule has 1 aromatic heterocycles. The van der Waals surface area contributed by atoms with Crippen molar-refractivity contribution in [3.63, 3.8) is 0 Å². The van der Waals surface area contributed by atoms with Crippen molar-refractivity contribution < 1.29 is 9.59 Å². The summed E-state index contributed by atoms with van der Waals surface area (Å²) in [5.41, 5.74) is 5.78. The number of aromatic nitrogens is 2. The highest BCUT2D eigenvalue weighted by Gasteiger charge is 2.12. The lowest BCUT2D eigenvalue weighted by Gasteiger charge is -2.08. The van der Waals surface area contributed by atoms with Crippen LogP contribution in [0.1, 0.15) is 26.3 Å². The molecule has 0 spiro atoms. The SMILES string of the molecule is Cc1ccc(C(=O)Nc2ccc(-c3nc4ccc(NC(=O)c5ccccc5)cc4[nH]3)cc2)c(Cl)c1. The molecule has 0 aliphatic heterocycles. The van der Waals surface area contributed by atoms with Crippen molar-refractivity contribution in [1.82, 2.24) is 9.97 Å². The van der Waals surface area contributed by atoms with E-state index in [1.807, 2.05) is 73.7 Å². The van der Waals surface area contributed by atoms with Gasteiger partial charge in [-0.2, -0.15) is 0 Å². The molecule has 1 heterocycles. The molecule has 2 amide bonds. The highest BCUT2D eigenvalue weighted by atomic mass is 35.5. The van der Waals surface area contributed by atoms with E-state index >= 15 is 0 Å². The lowest BCUT2D eigenvalue weighted by Crippen LogP contribution is -2.12. The third-order valence-electron chi connectivity index (χ3n) is 5.56. The molecule has 0 fully saturated rings. The highest BCUT2D eigenvalue weighted by Crippen LogP contribution is 2.25. The van der Waals surface area contributed by atoms with Crippen molar-refractivity contribution in [2.24, 2.45) is 0 Å². The first-order valence-electron chi connectivity index (χ1n) is 11.0.